The third-order valence-electron chi connectivity index (χ3n) is 2.54. The van der Waals surface area contributed by atoms with Crippen molar-refractivity contribution >= 4 is 29.1 Å². The second-order valence-electron chi connectivity index (χ2n) is 3.88. The minimum absolute atomic E-state index is 0.0457. The molecule has 1 rings (SSSR count). The number of nitrogens with one attached hydrogen (secondary N) is 1. The number of nitrogens with two attached hydrogens (primary N) is 1. The Labute approximate surface area is 111 Å². The zero-order chi connectivity index (χ0) is 12.8. The van der Waals surface area contributed by atoms with Crippen LogP contribution in [0.25, 0.3) is 0 Å². The number of benzene rings is 1. The smallest absolute Gasteiger partial charge is 0.224 e. The molecule has 1 unspecified atom stereocenters. The minimum atomic E-state index is -0.170. The van der Waals surface area contributed by atoms with Crippen LogP contribution in [0.4, 0.5) is 0 Å². The molecule has 3 nitrogen and oxygen atoms in total. The molecule has 0 saturated carbocycles. The number of halogens is 2. The van der Waals surface area contributed by atoms with Gasteiger partial charge in [-0.15, -0.1) is 0 Å². The molecule has 0 saturated heterocycles. The van der Waals surface area contributed by atoms with Crippen LogP contribution in [0.5, 0.6) is 0 Å². The van der Waals surface area contributed by atoms with Gasteiger partial charge in [-0.05, 0) is 24.1 Å². The van der Waals surface area contributed by atoms with E-state index in [1.807, 2.05) is 0 Å². The van der Waals surface area contributed by atoms with Crippen LogP contribution in [0.15, 0.2) is 18.2 Å². The van der Waals surface area contributed by atoms with Crippen molar-refractivity contribution in [2.24, 2.45) is 11.7 Å². The van der Waals surface area contributed by atoms with Gasteiger partial charge in [0, 0.05) is 29.1 Å². The first-order chi connectivity index (χ1) is 8.06. The van der Waals surface area contributed by atoms with Gasteiger partial charge in [0.15, 0.2) is 0 Å². The van der Waals surface area contributed by atoms with Crippen LogP contribution < -0.4 is 11.1 Å². The Kier molecular flexibility index (Phi) is 5.75. The maximum Gasteiger partial charge on any atom is 0.224 e. The molecule has 0 spiro atoms. The van der Waals surface area contributed by atoms with Crippen LogP contribution in [0, 0.1) is 5.92 Å². The Hall–Kier alpha value is -0.770. The fraction of sp³-hybridized carbons (Fsp3) is 0.417. The second-order valence-corrected chi connectivity index (χ2v) is 4.69. The molecule has 1 aromatic carbocycles. The van der Waals surface area contributed by atoms with E-state index >= 15 is 0 Å². The van der Waals surface area contributed by atoms with Crippen molar-refractivity contribution in [2.75, 3.05) is 13.1 Å². The van der Waals surface area contributed by atoms with Crippen LogP contribution in [0.2, 0.25) is 10.0 Å². The summed E-state index contributed by atoms with van der Waals surface area (Å²) in [6.07, 6.45) is 0.613. The number of rotatable bonds is 5. The molecule has 0 aliphatic rings. The van der Waals surface area contributed by atoms with Gasteiger partial charge in [-0.1, -0.05) is 36.2 Å². The van der Waals surface area contributed by atoms with Crippen molar-refractivity contribution in [3.8, 4) is 0 Å². The highest BCUT2D eigenvalue weighted by molar-refractivity contribution is 6.35. The maximum absolute atomic E-state index is 11.5. The molecule has 5 heteroatoms. The number of carbonyl (C=O) groups is 1. The predicted molar refractivity (Wildman–Crippen MR) is 71.4 cm³/mol. The van der Waals surface area contributed by atoms with Crippen LogP contribution in [0.1, 0.15) is 12.5 Å². The van der Waals surface area contributed by atoms with Crippen molar-refractivity contribution in [3.63, 3.8) is 0 Å². The summed E-state index contributed by atoms with van der Waals surface area (Å²) < 4.78 is 0. The van der Waals surface area contributed by atoms with Crippen molar-refractivity contribution in [1.82, 2.24) is 5.32 Å². The lowest BCUT2D eigenvalue weighted by Gasteiger charge is -2.11. The number of hydrogen-bond acceptors (Lipinski definition) is 2. The van der Waals surface area contributed by atoms with E-state index in [1.165, 1.54) is 0 Å². The van der Waals surface area contributed by atoms with Crippen molar-refractivity contribution in [3.05, 3.63) is 33.8 Å². The molecule has 0 aromatic heterocycles. The summed E-state index contributed by atoms with van der Waals surface area (Å²) >= 11 is 12.0. The monoisotopic (exact) mass is 274 g/mol. The molecule has 0 fully saturated rings. The average molecular weight is 275 g/mol. The quantitative estimate of drug-likeness (QED) is 0.866. The minimum Gasteiger partial charge on any atom is -0.355 e. The number of hydrogen-bond donors (Lipinski definition) is 2. The van der Waals surface area contributed by atoms with E-state index in [4.69, 9.17) is 28.9 Å². The fourth-order valence-corrected chi connectivity index (χ4v) is 1.95. The number of carbonyl (C=O) groups excluding carboxylic acids is 1. The van der Waals surface area contributed by atoms with E-state index in [1.54, 1.807) is 25.1 Å². The van der Waals surface area contributed by atoms with E-state index in [-0.39, 0.29) is 11.8 Å². The first-order valence-corrected chi connectivity index (χ1v) is 6.22. The number of amides is 1. The largest absolute Gasteiger partial charge is 0.355 e. The molecular weight excluding hydrogens is 259 g/mol. The van der Waals surface area contributed by atoms with Gasteiger partial charge >= 0.3 is 0 Å². The van der Waals surface area contributed by atoms with E-state index in [0.717, 1.165) is 5.56 Å². The van der Waals surface area contributed by atoms with Crippen LogP contribution >= 0.6 is 23.2 Å². The molecule has 0 aliphatic heterocycles. The van der Waals surface area contributed by atoms with E-state index < -0.39 is 0 Å². The van der Waals surface area contributed by atoms with Gasteiger partial charge in [-0.2, -0.15) is 0 Å². The van der Waals surface area contributed by atoms with Crippen LogP contribution in [-0.4, -0.2) is 19.0 Å². The Morgan fingerprint density at radius 3 is 2.53 bits per heavy atom. The molecule has 1 aromatic rings. The molecule has 0 aliphatic carbocycles. The average Bonchev–Trinajstić information content (AvgIpc) is 2.31. The Morgan fingerprint density at radius 1 is 1.41 bits per heavy atom. The van der Waals surface area contributed by atoms with Gasteiger partial charge in [0.1, 0.15) is 0 Å². The Morgan fingerprint density at radius 2 is 2.00 bits per heavy atom. The normalized spacial score (nSPS) is 12.2. The topological polar surface area (TPSA) is 55.1 Å². The fourth-order valence-electron chi connectivity index (χ4n) is 1.36. The third-order valence-corrected chi connectivity index (χ3v) is 3.25. The molecule has 3 N–H and O–H groups in total. The molecule has 0 radical (unpaired) electrons. The van der Waals surface area contributed by atoms with E-state index in [2.05, 4.69) is 5.32 Å². The molecule has 1 amide bonds. The standard InChI is InChI=1S/C12H16Cl2N2O/c1-8(7-15)12(17)16-6-5-9-10(13)3-2-4-11(9)14/h2-4,8H,5-7,15H2,1H3,(H,16,17). The van der Waals surface area contributed by atoms with Crippen molar-refractivity contribution in [2.45, 2.75) is 13.3 Å². The van der Waals surface area contributed by atoms with Gasteiger partial charge in [0.25, 0.3) is 0 Å². The lowest BCUT2D eigenvalue weighted by molar-refractivity contribution is -0.124. The highest BCUT2D eigenvalue weighted by Gasteiger charge is 2.10. The molecule has 0 heterocycles. The summed E-state index contributed by atoms with van der Waals surface area (Å²) in [5.74, 6) is -0.215. The van der Waals surface area contributed by atoms with Gasteiger partial charge in [-0.3, -0.25) is 4.79 Å². The van der Waals surface area contributed by atoms with Crippen LogP contribution in [-0.2, 0) is 11.2 Å². The highest BCUT2D eigenvalue weighted by Crippen LogP contribution is 2.24. The molecule has 1 atom stereocenters. The molecule has 17 heavy (non-hydrogen) atoms. The SMILES string of the molecule is CC(CN)C(=O)NCCc1c(Cl)cccc1Cl. The molecule has 0 bridgehead atoms. The lowest BCUT2D eigenvalue weighted by Crippen LogP contribution is -2.34. The van der Waals surface area contributed by atoms with Gasteiger partial charge in [0.05, 0.1) is 0 Å². The van der Waals surface area contributed by atoms with Crippen LogP contribution in [0.3, 0.4) is 0 Å². The van der Waals surface area contributed by atoms with E-state index in [0.29, 0.717) is 29.6 Å². The Bertz CT molecular complexity index is 376. The van der Waals surface area contributed by atoms with Gasteiger partial charge in [0.2, 0.25) is 5.91 Å². The third kappa shape index (κ3) is 4.19. The first-order valence-electron chi connectivity index (χ1n) is 5.47. The highest BCUT2D eigenvalue weighted by atomic mass is 35.5. The molecule has 94 valence electrons. The zero-order valence-corrected chi connectivity index (χ0v) is 11.2. The summed E-state index contributed by atoms with van der Waals surface area (Å²) in [4.78, 5) is 11.5. The summed E-state index contributed by atoms with van der Waals surface area (Å²) in [5.41, 5.74) is 6.26. The second kappa shape index (κ2) is 6.84. The first kappa shape index (κ1) is 14.3. The van der Waals surface area contributed by atoms with Gasteiger partial charge < -0.3 is 11.1 Å². The summed E-state index contributed by atoms with van der Waals surface area (Å²) in [5, 5.41) is 4.05. The summed E-state index contributed by atoms with van der Waals surface area (Å²) in [6, 6.07) is 5.36. The predicted octanol–water partition coefficient (Wildman–Crippen LogP) is 2.25. The van der Waals surface area contributed by atoms with Gasteiger partial charge in [-0.25, -0.2) is 0 Å². The van der Waals surface area contributed by atoms with Crippen molar-refractivity contribution in [1.29, 1.82) is 0 Å². The maximum atomic E-state index is 11.5. The van der Waals surface area contributed by atoms with Crippen molar-refractivity contribution < 1.29 is 4.79 Å². The summed E-state index contributed by atoms with van der Waals surface area (Å²) in [6.45, 7) is 2.64. The lowest BCUT2D eigenvalue weighted by atomic mass is 10.1. The Balaban J connectivity index is 2.49. The van der Waals surface area contributed by atoms with E-state index in [9.17, 15) is 4.79 Å². The summed E-state index contributed by atoms with van der Waals surface area (Å²) in [7, 11) is 0. The zero-order valence-electron chi connectivity index (χ0n) is 9.67. The molecular formula is C12H16Cl2N2O.